The number of thioether (sulfide) groups is 1. The van der Waals surface area contributed by atoms with Gasteiger partial charge in [0, 0.05) is 44.1 Å². The summed E-state index contributed by atoms with van der Waals surface area (Å²) in [4.78, 5) is 8.77. The number of guanidine groups is 1. The number of unbranched alkanes of at least 4 members (excludes halogenated alkanes) is 1. The molecule has 0 saturated heterocycles. The normalized spacial score (nSPS) is 14.8. The minimum atomic E-state index is 0. The van der Waals surface area contributed by atoms with Crippen LogP contribution in [0.2, 0.25) is 0 Å². The summed E-state index contributed by atoms with van der Waals surface area (Å²) < 4.78 is 0. The molecule has 2 N–H and O–H groups in total. The number of aliphatic imine (C=N–C) groups is 1. The van der Waals surface area contributed by atoms with Crippen molar-refractivity contribution in [1.29, 1.82) is 0 Å². The summed E-state index contributed by atoms with van der Waals surface area (Å²) in [6.07, 6.45) is 5.79. The number of nitrogens with zero attached hydrogens (tertiary/aromatic N) is 2. The lowest BCUT2D eigenvalue weighted by Gasteiger charge is -2.27. The van der Waals surface area contributed by atoms with Crippen molar-refractivity contribution in [3.63, 3.8) is 0 Å². The summed E-state index contributed by atoms with van der Waals surface area (Å²) in [6.45, 7) is 8.26. The number of rotatable bonds is 9. The number of nitrogens with one attached hydrogen (secondary N) is 2. The SMILES string of the molecule is CCNC(=NCCCCSC)NCCN1CCc2sccc2C1.I. The molecule has 138 valence electrons. The maximum absolute atomic E-state index is 4.66. The van der Waals surface area contributed by atoms with E-state index < -0.39 is 0 Å². The molecule has 0 aliphatic carbocycles. The minimum Gasteiger partial charge on any atom is -0.357 e. The Morgan fingerprint density at radius 2 is 2.25 bits per heavy atom. The Bertz CT molecular complexity index is 479. The molecule has 0 aromatic carbocycles. The first-order chi connectivity index (χ1) is 11.3. The molecule has 1 aliphatic heterocycles. The van der Waals surface area contributed by atoms with Gasteiger partial charge in [-0.15, -0.1) is 35.3 Å². The predicted octanol–water partition coefficient (Wildman–Crippen LogP) is 3.42. The number of fused-ring (bicyclic) bond motifs is 1. The van der Waals surface area contributed by atoms with Gasteiger partial charge in [-0.2, -0.15) is 11.8 Å². The molecule has 4 nitrogen and oxygen atoms in total. The molecule has 0 atom stereocenters. The van der Waals surface area contributed by atoms with Crippen LogP contribution in [0.1, 0.15) is 30.2 Å². The molecule has 0 spiro atoms. The van der Waals surface area contributed by atoms with Crippen LogP contribution in [0.3, 0.4) is 0 Å². The first kappa shape index (κ1) is 22.1. The van der Waals surface area contributed by atoms with Gasteiger partial charge in [0.15, 0.2) is 5.96 Å². The van der Waals surface area contributed by atoms with E-state index in [0.29, 0.717) is 0 Å². The molecule has 1 aromatic heterocycles. The Hall–Kier alpha value is 0.01000. The average molecular weight is 483 g/mol. The van der Waals surface area contributed by atoms with E-state index in [-0.39, 0.29) is 24.0 Å². The van der Waals surface area contributed by atoms with Gasteiger partial charge in [-0.25, -0.2) is 0 Å². The smallest absolute Gasteiger partial charge is 0.191 e. The van der Waals surface area contributed by atoms with Crippen LogP contribution >= 0.6 is 47.1 Å². The molecule has 2 heterocycles. The summed E-state index contributed by atoms with van der Waals surface area (Å²) in [6, 6.07) is 2.28. The van der Waals surface area contributed by atoms with Gasteiger partial charge in [0.25, 0.3) is 0 Å². The van der Waals surface area contributed by atoms with Crippen molar-refractivity contribution in [3.05, 3.63) is 21.9 Å². The zero-order chi connectivity index (χ0) is 16.3. The highest BCUT2D eigenvalue weighted by molar-refractivity contribution is 14.0. The van der Waals surface area contributed by atoms with Gasteiger partial charge in [-0.3, -0.25) is 9.89 Å². The highest BCUT2D eigenvalue weighted by atomic mass is 127. The molecule has 7 heteroatoms. The van der Waals surface area contributed by atoms with Crippen LogP contribution in [-0.2, 0) is 13.0 Å². The first-order valence-corrected chi connectivity index (χ1v) is 10.9. The molecule has 1 aliphatic rings. The summed E-state index contributed by atoms with van der Waals surface area (Å²) in [7, 11) is 0. The molecular formula is C17H31IN4S2. The highest BCUT2D eigenvalue weighted by Crippen LogP contribution is 2.23. The van der Waals surface area contributed by atoms with Gasteiger partial charge in [-0.05, 0) is 55.2 Å². The highest BCUT2D eigenvalue weighted by Gasteiger charge is 2.16. The second-order valence-corrected chi connectivity index (χ2v) is 7.77. The van der Waals surface area contributed by atoms with Crippen molar-refractivity contribution in [2.75, 3.05) is 44.7 Å². The summed E-state index contributed by atoms with van der Waals surface area (Å²) >= 11 is 3.82. The molecule has 0 fully saturated rings. The van der Waals surface area contributed by atoms with E-state index in [1.165, 1.54) is 37.1 Å². The van der Waals surface area contributed by atoms with Crippen molar-refractivity contribution in [3.8, 4) is 0 Å². The zero-order valence-corrected chi connectivity index (χ0v) is 18.8. The van der Waals surface area contributed by atoms with Crippen LogP contribution in [0.25, 0.3) is 0 Å². The van der Waals surface area contributed by atoms with Crippen LogP contribution in [-0.4, -0.2) is 55.6 Å². The topological polar surface area (TPSA) is 39.7 Å². The summed E-state index contributed by atoms with van der Waals surface area (Å²) in [5.41, 5.74) is 1.52. The van der Waals surface area contributed by atoms with E-state index >= 15 is 0 Å². The lowest BCUT2D eigenvalue weighted by molar-refractivity contribution is 0.260. The van der Waals surface area contributed by atoms with Crippen molar-refractivity contribution in [2.45, 2.75) is 32.7 Å². The molecule has 0 saturated carbocycles. The fraction of sp³-hybridized carbons (Fsp3) is 0.706. The summed E-state index contributed by atoms with van der Waals surface area (Å²) in [5.74, 6) is 2.20. The lowest BCUT2D eigenvalue weighted by Crippen LogP contribution is -2.42. The third-order valence-corrected chi connectivity index (χ3v) is 5.70. The Kier molecular flexibility index (Phi) is 12.2. The Morgan fingerprint density at radius 3 is 3.04 bits per heavy atom. The largest absolute Gasteiger partial charge is 0.357 e. The number of hydrogen-bond donors (Lipinski definition) is 2. The molecule has 2 rings (SSSR count). The molecule has 0 radical (unpaired) electrons. The van der Waals surface area contributed by atoms with Crippen LogP contribution in [0.4, 0.5) is 0 Å². The average Bonchev–Trinajstić information content (AvgIpc) is 3.02. The fourth-order valence-electron chi connectivity index (χ4n) is 2.72. The Morgan fingerprint density at radius 1 is 1.38 bits per heavy atom. The van der Waals surface area contributed by atoms with Gasteiger partial charge in [0.2, 0.25) is 0 Å². The predicted molar refractivity (Wildman–Crippen MR) is 120 cm³/mol. The summed E-state index contributed by atoms with van der Waals surface area (Å²) in [5, 5.41) is 9.03. The van der Waals surface area contributed by atoms with E-state index in [2.05, 4.69) is 45.2 Å². The number of halogens is 1. The van der Waals surface area contributed by atoms with Crippen molar-refractivity contribution >= 4 is 53.0 Å². The van der Waals surface area contributed by atoms with Gasteiger partial charge >= 0.3 is 0 Å². The van der Waals surface area contributed by atoms with E-state index in [0.717, 1.165) is 38.7 Å². The first-order valence-electron chi connectivity index (χ1n) is 8.62. The fourth-order valence-corrected chi connectivity index (χ4v) is 4.10. The minimum absolute atomic E-state index is 0. The van der Waals surface area contributed by atoms with Crippen LogP contribution in [0, 0.1) is 0 Å². The second kappa shape index (κ2) is 13.2. The quantitative estimate of drug-likeness (QED) is 0.245. The van der Waals surface area contributed by atoms with Crippen LogP contribution in [0.5, 0.6) is 0 Å². The maximum Gasteiger partial charge on any atom is 0.191 e. The van der Waals surface area contributed by atoms with E-state index in [1.807, 2.05) is 23.1 Å². The van der Waals surface area contributed by atoms with Crippen LogP contribution in [0.15, 0.2) is 16.4 Å². The van der Waals surface area contributed by atoms with Crippen molar-refractivity contribution in [1.82, 2.24) is 15.5 Å². The number of hydrogen-bond acceptors (Lipinski definition) is 4. The lowest BCUT2D eigenvalue weighted by atomic mass is 10.1. The molecule has 0 bridgehead atoms. The Balaban J connectivity index is 0.00000288. The van der Waals surface area contributed by atoms with Gasteiger partial charge in [0.1, 0.15) is 0 Å². The van der Waals surface area contributed by atoms with E-state index in [9.17, 15) is 0 Å². The Labute approximate surface area is 172 Å². The maximum atomic E-state index is 4.66. The van der Waals surface area contributed by atoms with E-state index in [4.69, 9.17) is 0 Å². The standard InChI is InChI=1S/C17H30N4S2.HI/c1-3-18-17(19-8-4-5-12-22-2)20-9-11-21-10-6-16-15(14-21)7-13-23-16;/h7,13H,3-6,8-12,14H2,1-2H3,(H2,18,19,20);1H. The van der Waals surface area contributed by atoms with Gasteiger partial charge in [-0.1, -0.05) is 0 Å². The molecule has 0 amide bonds. The van der Waals surface area contributed by atoms with Crippen molar-refractivity contribution in [2.24, 2.45) is 4.99 Å². The third kappa shape index (κ3) is 7.93. The van der Waals surface area contributed by atoms with Crippen molar-refractivity contribution < 1.29 is 0 Å². The van der Waals surface area contributed by atoms with Gasteiger partial charge in [0.05, 0.1) is 0 Å². The zero-order valence-electron chi connectivity index (χ0n) is 14.8. The molecule has 1 aromatic rings. The van der Waals surface area contributed by atoms with Crippen LogP contribution < -0.4 is 10.6 Å². The monoisotopic (exact) mass is 482 g/mol. The second-order valence-electron chi connectivity index (χ2n) is 5.78. The number of thiophene rings is 1. The third-order valence-electron chi connectivity index (χ3n) is 3.98. The molecular weight excluding hydrogens is 451 g/mol. The molecule has 24 heavy (non-hydrogen) atoms. The molecule has 0 unspecified atom stereocenters. The van der Waals surface area contributed by atoms with E-state index in [1.54, 1.807) is 4.88 Å². The van der Waals surface area contributed by atoms with Gasteiger partial charge < -0.3 is 10.6 Å².